The van der Waals surface area contributed by atoms with E-state index in [-0.39, 0.29) is 11.6 Å². The van der Waals surface area contributed by atoms with Crippen molar-refractivity contribution >= 4 is 0 Å². The van der Waals surface area contributed by atoms with E-state index in [2.05, 4.69) is 31.7 Å². The molecule has 1 saturated heterocycles. The molecule has 1 fully saturated rings. The Morgan fingerprint density at radius 2 is 2.22 bits per heavy atom. The second kappa shape index (κ2) is 5.43. The molecule has 1 aliphatic heterocycles. The molecular weight excluding hydrogens is 228 g/mol. The van der Waals surface area contributed by atoms with Crippen molar-refractivity contribution in [3.8, 4) is 0 Å². The first-order valence-corrected chi connectivity index (χ1v) is 6.72. The number of nitrogens with two attached hydrogens (primary N) is 1. The Balaban J connectivity index is 2.12. The normalized spacial score (nSPS) is 22.0. The Kier molecular flexibility index (Phi) is 4.10. The molecule has 0 bridgehead atoms. The maximum absolute atomic E-state index is 5.93. The maximum atomic E-state index is 5.93. The van der Waals surface area contributed by atoms with Gasteiger partial charge in [-0.15, -0.1) is 0 Å². The van der Waals surface area contributed by atoms with Crippen molar-refractivity contribution in [1.82, 2.24) is 4.90 Å². The highest BCUT2D eigenvalue weighted by Crippen LogP contribution is 2.27. The number of hydrogen-bond donors (Lipinski definition) is 1. The molecule has 4 heteroatoms. The molecule has 2 N–H and O–H groups in total. The zero-order chi connectivity index (χ0) is 13.2. The Morgan fingerprint density at radius 1 is 1.44 bits per heavy atom. The minimum atomic E-state index is -0.105. The van der Waals surface area contributed by atoms with Crippen molar-refractivity contribution in [3.05, 3.63) is 23.7 Å². The molecule has 1 aliphatic rings. The summed E-state index contributed by atoms with van der Waals surface area (Å²) in [6, 6.07) is 4.26. The van der Waals surface area contributed by atoms with Crippen LogP contribution < -0.4 is 5.73 Å². The predicted octanol–water partition coefficient (Wildman–Crippen LogP) is 1.95. The van der Waals surface area contributed by atoms with E-state index in [9.17, 15) is 0 Å². The van der Waals surface area contributed by atoms with Crippen LogP contribution in [-0.2, 0) is 11.2 Å². The zero-order valence-electron chi connectivity index (χ0n) is 11.6. The van der Waals surface area contributed by atoms with Gasteiger partial charge in [-0.1, -0.05) is 6.92 Å². The van der Waals surface area contributed by atoms with E-state index in [0.29, 0.717) is 6.54 Å². The molecule has 1 atom stereocenters. The SMILES string of the molecule is CCc1ccc(C(CN)N2CCOC(C)(C)C2)o1. The van der Waals surface area contributed by atoms with Crippen molar-refractivity contribution in [2.24, 2.45) is 5.73 Å². The standard InChI is InChI=1S/C14H24N2O2/c1-4-11-5-6-13(18-11)12(9-15)16-7-8-17-14(2,3)10-16/h5-6,12H,4,7-10,15H2,1-3H3. The summed E-state index contributed by atoms with van der Waals surface area (Å²) in [5, 5.41) is 0. The first-order chi connectivity index (χ1) is 8.55. The lowest BCUT2D eigenvalue weighted by Crippen LogP contribution is -2.50. The highest BCUT2D eigenvalue weighted by molar-refractivity contribution is 5.12. The average Bonchev–Trinajstić information content (AvgIpc) is 2.77. The largest absolute Gasteiger partial charge is 0.464 e. The van der Waals surface area contributed by atoms with Gasteiger partial charge < -0.3 is 14.9 Å². The van der Waals surface area contributed by atoms with E-state index in [0.717, 1.165) is 37.6 Å². The van der Waals surface area contributed by atoms with E-state index < -0.39 is 0 Å². The fraction of sp³-hybridized carbons (Fsp3) is 0.714. The van der Waals surface area contributed by atoms with E-state index in [1.54, 1.807) is 0 Å². The summed E-state index contributed by atoms with van der Waals surface area (Å²) in [7, 11) is 0. The van der Waals surface area contributed by atoms with Gasteiger partial charge in [-0.2, -0.15) is 0 Å². The molecule has 2 heterocycles. The summed E-state index contributed by atoms with van der Waals surface area (Å²) >= 11 is 0. The molecule has 2 rings (SSSR count). The summed E-state index contributed by atoms with van der Waals surface area (Å²) in [5.41, 5.74) is 5.83. The molecule has 1 aromatic heterocycles. The molecule has 18 heavy (non-hydrogen) atoms. The highest BCUT2D eigenvalue weighted by atomic mass is 16.5. The molecule has 4 nitrogen and oxygen atoms in total. The quantitative estimate of drug-likeness (QED) is 0.890. The Hall–Kier alpha value is -0.840. The number of morpholine rings is 1. The molecule has 0 radical (unpaired) electrons. The molecular formula is C14H24N2O2. The lowest BCUT2D eigenvalue weighted by atomic mass is 10.0. The number of aryl methyl sites for hydroxylation is 1. The summed E-state index contributed by atoms with van der Waals surface area (Å²) in [5.74, 6) is 2.00. The number of rotatable bonds is 4. The first kappa shape index (κ1) is 13.6. The Labute approximate surface area is 109 Å². The third-order valence-electron chi connectivity index (χ3n) is 3.48. The summed E-state index contributed by atoms with van der Waals surface area (Å²) < 4.78 is 11.6. The lowest BCUT2D eigenvalue weighted by molar-refractivity contribution is -0.0985. The molecule has 1 aromatic rings. The van der Waals surface area contributed by atoms with Gasteiger partial charge in [-0.05, 0) is 26.0 Å². The fourth-order valence-corrected chi connectivity index (χ4v) is 2.53. The van der Waals surface area contributed by atoms with Crippen LogP contribution in [0.15, 0.2) is 16.5 Å². The third kappa shape index (κ3) is 2.94. The van der Waals surface area contributed by atoms with Gasteiger partial charge in [0.25, 0.3) is 0 Å². The van der Waals surface area contributed by atoms with Gasteiger partial charge in [0, 0.05) is 26.1 Å². The summed E-state index contributed by atoms with van der Waals surface area (Å²) in [4.78, 5) is 2.36. The van der Waals surface area contributed by atoms with E-state index in [4.69, 9.17) is 14.9 Å². The molecule has 1 unspecified atom stereocenters. The molecule has 0 amide bonds. The predicted molar refractivity (Wildman–Crippen MR) is 71.5 cm³/mol. The number of nitrogens with zero attached hydrogens (tertiary/aromatic N) is 1. The monoisotopic (exact) mass is 252 g/mol. The molecule has 102 valence electrons. The van der Waals surface area contributed by atoms with Crippen molar-refractivity contribution in [2.45, 2.75) is 38.8 Å². The summed E-state index contributed by atoms with van der Waals surface area (Å²) in [6.45, 7) is 9.46. The van der Waals surface area contributed by atoms with Gasteiger partial charge in [0.1, 0.15) is 11.5 Å². The smallest absolute Gasteiger partial charge is 0.122 e. The summed E-state index contributed by atoms with van der Waals surface area (Å²) in [6.07, 6.45) is 0.923. The third-order valence-corrected chi connectivity index (χ3v) is 3.48. The molecule has 0 aliphatic carbocycles. The number of ether oxygens (including phenoxy) is 1. The minimum Gasteiger partial charge on any atom is -0.464 e. The Morgan fingerprint density at radius 3 is 2.78 bits per heavy atom. The molecule has 0 saturated carbocycles. The van der Waals surface area contributed by atoms with E-state index >= 15 is 0 Å². The van der Waals surface area contributed by atoms with Crippen molar-refractivity contribution < 1.29 is 9.15 Å². The molecule has 0 aromatic carbocycles. The second-order valence-electron chi connectivity index (χ2n) is 5.49. The van der Waals surface area contributed by atoms with Crippen LogP contribution in [0.25, 0.3) is 0 Å². The topological polar surface area (TPSA) is 51.6 Å². The maximum Gasteiger partial charge on any atom is 0.122 e. The van der Waals surface area contributed by atoms with Crippen LogP contribution in [0.1, 0.15) is 38.3 Å². The van der Waals surface area contributed by atoms with Crippen LogP contribution in [0.2, 0.25) is 0 Å². The van der Waals surface area contributed by atoms with Crippen LogP contribution in [0.3, 0.4) is 0 Å². The zero-order valence-corrected chi connectivity index (χ0v) is 11.6. The van der Waals surface area contributed by atoms with Crippen LogP contribution in [0.4, 0.5) is 0 Å². The van der Waals surface area contributed by atoms with E-state index in [1.807, 2.05) is 6.07 Å². The first-order valence-electron chi connectivity index (χ1n) is 6.72. The van der Waals surface area contributed by atoms with Crippen LogP contribution in [0, 0.1) is 0 Å². The van der Waals surface area contributed by atoms with E-state index in [1.165, 1.54) is 0 Å². The minimum absolute atomic E-state index is 0.105. The average molecular weight is 252 g/mol. The van der Waals surface area contributed by atoms with Gasteiger partial charge in [0.2, 0.25) is 0 Å². The van der Waals surface area contributed by atoms with Crippen molar-refractivity contribution in [3.63, 3.8) is 0 Å². The fourth-order valence-electron chi connectivity index (χ4n) is 2.53. The van der Waals surface area contributed by atoms with Crippen molar-refractivity contribution in [2.75, 3.05) is 26.2 Å². The van der Waals surface area contributed by atoms with Gasteiger partial charge in [0.15, 0.2) is 0 Å². The highest BCUT2D eigenvalue weighted by Gasteiger charge is 2.32. The number of hydrogen-bond acceptors (Lipinski definition) is 4. The van der Waals surface area contributed by atoms with Crippen LogP contribution >= 0.6 is 0 Å². The second-order valence-corrected chi connectivity index (χ2v) is 5.49. The van der Waals surface area contributed by atoms with Crippen molar-refractivity contribution in [1.29, 1.82) is 0 Å². The van der Waals surface area contributed by atoms with Gasteiger partial charge in [-0.3, -0.25) is 4.90 Å². The molecule has 0 spiro atoms. The van der Waals surface area contributed by atoms with Crippen LogP contribution in [-0.4, -0.2) is 36.7 Å². The van der Waals surface area contributed by atoms with Gasteiger partial charge >= 0.3 is 0 Å². The number of furan rings is 1. The van der Waals surface area contributed by atoms with Crippen LogP contribution in [0.5, 0.6) is 0 Å². The lowest BCUT2D eigenvalue weighted by Gasteiger charge is -2.41. The van der Waals surface area contributed by atoms with Gasteiger partial charge in [-0.25, -0.2) is 0 Å². The van der Waals surface area contributed by atoms with Gasteiger partial charge in [0.05, 0.1) is 18.2 Å². The Bertz CT molecular complexity index is 387.